The van der Waals surface area contributed by atoms with E-state index in [-0.39, 0.29) is 18.4 Å². The highest BCUT2D eigenvalue weighted by atomic mass is 79.9. The second-order valence-corrected chi connectivity index (χ2v) is 5.89. The molecule has 1 aromatic heterocycles. The van der Waals surface area contributed by atoms with Crippen molar-refractivity contribution < 1.29 is 14.3 Å². The van der Waals surface area contributed by atoms with E-state index in [9.17, 15) is 9.59 Å². The fourth-order valence-corrected chi connectivity index (χ4v) is 2.18. The molecule has 2 rings (SSSR count). The number of anilines is 1. The molecule has 0 aliphatic carbocycles. The number of amides is 1. The molecule has 23 heavy (non-hydrogen) atoms. The predicted molar refractivity (Wildman–Crippen MR) is 90.2 cm³/mol. The van der Waals surface area contributed by atoms with Gasteiger partial charge in [-0.3, -0.25) is 9.48 Å². The van der Waals surface area contributed by atoms with Crippen LogP contribution in [0.15, 0.2) is 41.1 Å². The lowest BCUT2D eigenvalue weighted by Crippen LogP contribution is -2.19. The van der Waals surface area contributed by atoms with Gasteiger partial charge in [-0.2, -0.15) is 5.10 Å². The number of nitrogens with zero attached hydrogens (tertiary/aromatic N) is 2. The first kappa shape index (κ1) is 17.2. The van der Waals surface area contributed by atoms with Crippen LogP contribution in [0, 0.1) is 0 Å². The SMILES string of the molecule is CCCCOC(=O)c1ccc(NC(=O)Cn2cc(Br)cn2)cc1. The number of nitrogens with one attached hydrogen (secondary N) is 1. The molecule has 0 radical (unpaired) electrons. The van der Waals surface area contributed by atoms with Crippen molar-refractivity contribution in [2.45, 2.75) is 26.3 Å². The molecule has 6 nitrogen and oxygen atoms in total. The minimum absolute atomic E-state index is 0.117. The van der Waals surface area contributed by atoms with E-state index in [1.807, 2.05) is 6.92 Å². The second kappa shape index (κ2) is 8.47. The molecule has 1 aromatic carbocycles. The van der Waals surface area contributed by atoms with Crippen LogP contribution < -0.4 is 5.32 Å². The average Bonchev–Trinajstić information content (AvgIpc) is 2.93. The fraction of sp³-hybridized carbons (Fsp3) is 0.312. The topological polar surface area (TPSA) is 73.2 Å². The summed E-state index contributed by atoms with van der Waals surface area (Å²) in [7, 11) is 0. The smallest absolute Gasteiger partial charge is 0.338 e. The molecule has 0 aliphatic heterocycles. The number of carbonyl (C=O) groups is 2. The summed E-state index contributed by atoms with van der Waals surface area (Å²) < 4.78 is 7.47. The minimum Gasteiger partial charge on any atom is -0.462 e. The Hall–Kier alpha value is -2.15. The normalized spacial score (nSPS) is 10.3. The quantitative estimate of drug-likeness (QED) is 0.591. The Labute approximate surface area is 143 Å². The van der Waals surface area contributed by atoms with Crippen LogP contribution >= 0.6 is 15.9 Å². The number of esters is 1. The van der Waals surface area contributed by atoms with Crippen LogP contribution in [0.25, 0.3) is 0 Å². The maximum Gasteiger partial charge on any atom is 0.338 e. The lowest BCUT2D eigenvalue weighted by molar-refractivity contribution is -0.116. The lowest BCUT2D eigenvalue weighted by Gasteiger charge is -2.07. The van der Waals surface area contributed by atoms with Crippen LogP contribution in [0.2, 0.25) is 0 Å². The van der Waals surface area contributed by atoms with Gasteiger partial charge in [-0.15, -0.1) is 0 Å². The highest BCUT2D eigenvalue weighted by molar-refractivity contribution is 9.10. The van der Waals surface area contributed by atoms with Crippen molar-refractivity contribution in [3.63, 3.8) is 0 Å². The number of hydrogen-bond acceptors (Lipinski definition) is 4. The molecule has 0 unspecified atom stereocenters. The highest BCUT2D eigenvalue weighted by Crippen LogP contribution is 2.11. The molecule has 0 aliphatic rings. The largest absolute Gasteiger partial charge is 0.462 e. The monoisotopic (exact) mass is 379 g/mol. The molecule has 0 atom stereocenters. The summed E-state index contributed by atoms with van der Waals surface area (Å²) in [4.78, 5) is 23.7. The Balaban J connectivity index is 1.86. The summed E-state index contributed by atoms with van der Waals surface area (Å²) in [5.41, 5.74) is 1.08. The van der Waals surface area contributed by atoms with E-state index in [1.54, 1.807) is 36.7 Å². The zero-order valence-corrected chi connectivity index (χ0v) is 14.4. The van der Waals surface area contributed by atoms with Crippen LogP contribution in [-0.2, 0) is 16.1 Å². The summed E-state index contributed by atoms with van der Waals surface area (Å²) in [6.45, 7) is 2.58. The fourth-order valence-electron chi connectivity index (χ4n) is 1.85. The van der Waals surface area contributed by atoms with E-state index in [2.05, 4.69) is 26.3 Å². The molecular formula is C16H18BrN3O3. The molecule has 0 bridgehead atoms. The van der Waals surface area contributed by atoms with E-state index in [1.165, 1.54) is 4.68 Å². The summed E-state index contributed by atoms with van der Waals surface area (Å²) in [5.74, 6) is -0.545. The van der Waals surface area contributed by atoms with Crippen molar-refractivity contribution in [3.8, 4) is 0 Å². The van der Waals surface area contributed by atoms with Crippen molar-refractivity contribution in [1.82, 2.24) is 9.78 Å². The van der Waals surface area contributed by atoms with Crippen LogP contribution in [0.4, 0.5) is 5.69 Å². The molecule has 0 saturated heterocycles. The first-order valence-corrected chi connectivity index (χ1v) is 8.13. The zero-order valence-electron chi connectivity index (χ0n) is 12.8. The van der Waals surface area contributed by atoms with Crippen molar-refractivity contribution >= 4 is 33.5 Å². The Kier molecular flexibility index (Phi) is 6.34. The predicted octanol–water partition coefficient (Wildman–Crippen LogP) is 3.24. The van der Waals surface area contributed by atoms with Crippen molar-refractivity contribution in [1.29, 1.82) is 0 Å². The summed E-state index contributed by atoms with van der Waals surface area (Å²) in [6, 6.07) is 6.61. The lowest BCUT2D eigenvalue weighted by atomic mass is 10.2. The molecule has 1 N–H and O–H groups in total. The maximum absolute atomic E-state index is 11.9. The molecule has 122 valence electrons. The van der Waals surface area contributed by atoms with Gasteiger partial charge in [-0.05, 0) is 46.6 Å². The molecule has 1 heterocycles. The number of rotatable bonds is 7. The van der Waals surface area contributed by atoms with Crippen LogP contribution in [0.1, 0.15) is 30.1 Å². The number of carbonyl (C=O) groups excluding carboxylic acids is 2. The Morgan fingerprint density at radius 3 is 2.65 bits per heavy atom. The summed E-state index contributed by atoms with van der Waals surface area (Å²) in [5, 5.41) is 6.77. The summed E-state index contributed by atoms with van der Waals surface area (Å²) >= 11 is 3.27. The molecule has 0 saturated carbocycles. The molecular weight excluding hydrogens is 362 g/mol. The van der Waals surface area contributed by atoms with Crippen LogP contribution in [0.5, 0.6) is 0 Å². The number of benzene rings is 1. The van der Waals surface area contributed by atoms with Gasteiger partial charge < -0.3 is 10.1 Å². The zero-order chi connectivity index (χ0) is 16.7. The van der Waals surface area contributed by atoms with Gasteiger partial charge in [0.05, 0.1) is 22.8 Å². The number of ether oxygens (including phenoxy) is 1. The highest BCUT2D eigenvalue weighted by Gasteiger charge is 2.08. The third-order valence-corrected chi connectivity index (χ3v) is 3.45. The summed E-state index contributed by atoms with van der Waals surface area (Å²) in [6.07, 6.45) is 5.16. The maximum atomic E-state index is 11.9. The van der Waals surface area contributed by atoms with Crippen LogP contribution in [-0.4, -0.2) is 28.3 Å². The first-order chi connectivity index (χ1) is 11.1. The number of hydrogen-bond donors (Lipinski definition) is 1. The Morgan fingerprint density at radius 1 is 1.30 bits per heavy atom. The molecule has 1 amide bonds. The van der Waals surface area contributed by atoms with Crippen molar-refractivity contribution in [3.05, 3.63) is 46.7 Å². The minimum atomic E-state index is -0.349. The number of aromatic nitrogens is 2. The second-order valence-electron chi connectivity index (χ2n) is 4.97. The molecule has 0 spiro atoms. The Bertz CT molecular complexity index is 667. The van der Waals surface area contributed by atoms with Crippen LogP contribution in [0.3, 0.4) is 0 Å². The molecule has 2 aromatic rings. The van der Waals surface area contributed by atoms with Gasteiger partial charge in [0.15, 0.2) is 0 Å². The Morgan fingerprint density at radius 2 is 2.04 bits per heavy atom. The van der Waals surface area contributed by atoms with Crippen molar-refractivity contribution in [2.75, 3.05) is 11.9 Å². The van der Waals surface area contributed by atoms with Gasteiger partial charge >= 0.3 is 5.97 Å². The van der Waals surface area contributed by atoms with E-state index in [0.717, 1.165) is 17.3 Å². The number of halogens is 1. The standard InChI is InChI=1S/C16H18BrN3O3/c1-2-3-8-23-16(22)12-4-6-14(7-5-12)19-15(21)11-20-10-13(17)9-18-20/h4-7,9-10H,2-3,8,11H2,1H3,(H,19,21). The van der Waals surface area contributed by atoms with Crippen molar-refractivity contribution in [2.24, 2.45) is 0 Å². The van der Waals surface area contributed by atoms with E-state index >= 15 is 0 Å². The van der Waals surface area contributed by atoms with E-state index in [4.69, 9.17) is 4.74 Å². The average molecular weight is 380 g/mol. The van der Waals surface area contributed by atoms with Gasteiger partial charge in [0.25, 0.3) is 0 Å². The third-order valence-electron chi connectivity index (χ3n) is 3.04. The first-order valence-electron chi connectivity index (χ1n) is 7.33. The molecule has 0 fully saturated rings. The van der Waals surface area contributed by atoms with E-state index in [0.29, 0.717) is 17.9 Å². The van der Waals surface area contributed by atoms with Gasteiger partial charge in [-0.1, -0.05) is 13.3 Å². The number of unbranched alkanes of at least 4 members (excludes halogenated alkanes) is 1. The third kappa shape index (κ3) is 5.52. The molecule has 7 heteroatoms. The van der Waals surface area contributed by atoms with Gasteiger partial charge in [-0.25, -0.2) is 4.79 Å². The van der Waals surface area contributed by atoms with Gasteiger partial charge in [0.1, 0.15) is 6.54 Å². The van der Waals surface area contributed by atoms with E-state index < -0.39 is 0 Å². The van der Waals surface area contributed by atoms with Gasteiger partial charge in [0.2, 0.25) is 5.91 Å². The van der Waals surface area contributed by atoms with Gasteiger partial charge in [0, 0.05) is 11.9 Å².